The van der Waals surface area contributed by atoms with E-state index >= 15 is 0 Å². The molecule has 0 amide bonds. The lowest BCUT2D eigenvalue weighted by atomic mass is 10.2. The summed E-state index contributed by atoms with van der Waals surface area (Å²) < 4.78 is 2.18. The molecule has 0 aromatic carbocycles. The molecule has 0 saturated heterocycles. The van der Waals surface area contributed by atoms with E-state index in [0.717, 1.165) is 13.1 Å². The van der Waals surface area contributed by atoms with Crippen LogP contribution in [0.4, 0.5) is 0 Å². The summed E-state index contributed by atoms with van der Waals surface area (Å²) in [6.45, 7) is 4.30. The molecule has 2 rings (SSSR count). The van der Waals surface area contributed by atoms with Gasteiger partial charge in [-0.1, -0.05) is 39.0 Å². The van der Waals surface area contributed by atoms with Gasteiger partial charge < -0.3 is 5.32 Å². The van der Waals surface area contributed by atoms with E-state index in [1.807, 2.05) is 0 Å². The Hall–Kier alpha value is -0.830. The number of nitrogens with one attached hydrogen (secondary N) is 1. The molecule has 1 aromatic rings. The zero-order valence-electron chi connectivity index (χ0n) is 11.7. The molecular formula is C15H27N3. The van der Waals surface area contributed by atoms with Gasteiger partial charge in [0, 0.05) is 12.7 Å². The van der Waals surface area contributed by atoms with Crippen LogP contribution in [0.15, 0.2) is 12.3 Å². The Labute approximate surface area is 111 Å². The van der Waals surface area contributed by atoms with Gasteiger partial charge in [0.2, 0.25) is 0 Å². The number of hydrogen-bond donors (Lipinski definition) is 1. The second kappa shape index (κ2) is 7.57. The number of nitrogens with zero attached hydrogens (tertiary/aromatic N) is 2. The quantitative estimate of drug-likeness (QED) is 0.712. The van der Waals surface area contributed by atoms with Crippen LogP contribution in [0.1, 0.15) is 70.0 Å². The Morgan fingerprint density at radius 1 is 1.28 bits per heavy atom. The van der Waals surface area contributed by atoms with E-state index in [4.69, 9.17) is 0 Å². The van der Waals surface area contributed by atoms with Gasteiger partial charge >= 0.3 is 0 Å². The van der Waals surface area contributed by atoms with Crippen LogP contribution in [-0.2, 0) is 6.54 Å². The van der Waals surface area contributed by atoms with Crippen molar-refractivity contribution < 1.29 is 0 Å². The van der Waals surface area contributed by atoms with Gasteiger partial charge in [-0.05, 0) is 31.9 Å². The highest BCUT2D eigenvalue weighted by Gasteiger charge is 2.17. The van der Waals surface area contributed by atoms with E-state index in [2.05, 4.69) is 34.3 Å². The molecule has 1 fully saturated rings. The van der Waals surface area contributed by atoms with Gasteiger partial charge in [0.1, 0.15) is 0 Å². The number of hydrogen-bond acceptors (Lipinski definition) is 2. The van der Waals surface area contributed by atoms with Crippen molar-refractivity contribution in [2.24, 2.45) is 0 Å². The average Bonchev–Trinajstić information content (AvgIpc) is 3.03. The first-order valence-corrected chi connectivity index (χ1v) is 7.65. The minimum Gasteiger partial charge on any atom is -0.311 e. The molecule has 0 radical (unpaired) electrons. The molecule has 1 aromatic heterocycles. The highest BCUT2D eigenvalue weighted by Crippen LogP contribution is 2.28. The molecule has 0 spiro atoms. The van der Waals surface area contributed by atoms with Crippen molar-refractivity contribution in [2.75, 3.05) is 6.54 Å². The second-order valence-corrected chi connectivity index (χ2v) is 5.46. The Kier molecular flexibility index (Phi) is 5.72. The van der Waals surface area contributed by atoms with Crippen LogP contribution < -0.4 is 5.32 Å². The molecule has 1 heterocycles. The summed E-state index contributed by atoms with van der Waals surface area (Å²) in [5.41, 5.74) is 1.19. The van der Waals surface area contributed by atoms with Gasteiger partial charge in [0.15, 0.2) is 0 Å². The van der Waals surface area contributed by atoms with Crippen molar-refractivity contribution in [2.45, 2.75) is 70.9 Å². The minimum absolute atomic E-state index is 0.670. The molecule has 3 heteroatoms. The molecule has 0 unspecified atom stereocenters. The highest BCUT2D eigenvalue weighted by molar-refractivity contribution is 4.99. The summed E-state index contributed by atoms with van der Waals surface area (Å²) in [7, 11) is 0. The molecule has 0 atom stereocenters. The first-order chi connectivity index (χ1) is 8.90. The third-order valence-corrected chi connectivity index (χ3v) is 3.88. The first-order valence-electron chi connectivity index (χ1n) is 7.65. The number of aromatic nitrogens is 2. The third-order valence-electron chi connectivity index (χ3n) is 3.88. The molecule has 1 saturated carbocycles. The molecule has 3 nitrogen and oxygen atoms in total. The van der Waals surface area contributed by atoms with Gasteiger partial charge in [0.05, 0.1) is 11.7 Å². The lowest BCUT2D eigenvalue weighted by Crippen LogP contribution is -2.15. The van der Waals surface area contributed by atoms with E-state index in [9.17, 15) is 0 Å². The second-order valence-electron chi connectivity index (χ2n) is 5.46. The highest BCUT2D eigenvalue weighted by atomic mass is 15.3. The Morgan fingerprint density at radius 2 is 2.11 bits per heavy atom. The first kappa shape index (κ1) is 13.6. The molecule has 0 bridgehead atoms. The topological polar surface area (TPSA) is 29.9 Å². The zero-order chi connectivity index (χ0) is 12.6. The summed E-state index contributed by atoms with van der Waals surface area (Å²) in [4.78, 5) is 0. The van der Waals surface area contributed by atoms with Crippen LogP contribution in [0.5, 0.6) is 0 Å². The maximum absolute atomic E-state index is 4.68. The maximum Gasteiger partial charge on any atom is 0.0762 e. The van der Waals surface area contributed by atoms with E-state index < -0.39 is 0 Å². The van der Waals surface area contributed by atoms with Crippen LogP contribution in [0.3, 0.4) is 0 Å². The molecular weight excluding hydrogens is 222 g/mol. The summed E-state index contributed by atoms with van der Waals surface area (Å²) in [6, 6.07) is 2.83. The van der Waals surface area contributed by atoms with Gasteiger partial charge in [-0.25, -0.2) is 0 Å². The van der Waals surface area contributed by atoms with Crippen LogP contribution in [0.25, 0.3) is 0 Å². The fraction of sp³-hybridized carbons (Fsp3) is 0.800. The normalized spacial score (nSPS) is 16.5. The Balaban J connectivity index is 1.64. The van der Waals surface area contributed by atoms with Crippen molar-refractivity contribution >= 4 is 0 Å². The lowest BCUT2D eigenvalue weighted by Gasteiger charge is -2.09. The Morgan fingerprint density at radius 3 is 2.89 bits per heavy atom. The summed E-state index contributed by atoms with van der Waals surface area (Å²) in [5.74, 6) is 0. The minimum atomic E-state index is 0.670. The Bertz CT molecular complexity index is 326. The third kappa shape index (κ3) is 4.13. The molecule has 1 aliphatic rings. The fourth-order valence-corrected chi connectivity index (χ4v) is 2.74. The van der Waals surface area contributed by atoms with E-state index in [1.54, 1.807) is 0 Å². The van der Waals surface area contributed by atoms with Crippen molar-refractivity contribution in [3.05, 3.63) is 18.0 Å². The summed E-state index contributed by atoms with van der Waals surface area (Å²) in [6.07, 6.45) is 12.8. The van der Waals surface area contributed by atoms with E-state index in [1.165, 1.54) is 57.1 Å². The van der Waals surface area contributed by atoms with Crippen LogP contribution >= 0.6 is 0 Å². The van der Waals surface area contributed by atoms with Crippen LogP contribution in [-0.4, -0.2) is 16.3 Å². The smallest absolute Gasteiger partial charge is 0.0762 e. The van der Waals surface area contributed by atoms with Crippen molar-refractivity contribution in [3.63, 3.8) is 0 Å². The van der Waals surface area contributed by atoms with Gasteiger partial charge in [-0.15, -0.1) is 0 Å². The molecule has 1 N–H and O–H groups in total. The molecule has 18 heavy (non-hydrogen) atoms. The maximum atomic E-state index is 4.68. The van der Waals surface area contributed by atoms with Gasteiger partial charge in [-0.3, -0.25) is 4.68 Å². The molecule has 0 aliphatic heterocycles. The predicted octanol–water partition coefficient (Wildman–Crippen LogP) is 3.67. The average molecular weight is 249 g/mol. The van der Waals surface area contributed by atoms with Gasteiger partial charge in [-0.2, -0.15) is 5.10 Å². The lowest BCUT2D eigenvalue weighted by molar-refractivity contribution is 0.460. The largest absolute Gasteiger partial charge is 0.311 e. The molecule has 1 aliphatic carbocycles. The number of rotatable bonds is 8. The fourth-order valence-electron chi connectivity index (χ4n) is 2.74. The van der Waals surface area contributed by atoms with Crippen LogP contribution in [0, 0.1) is 0 Å². The SMILES string of the molecule is CCCCCCNCc1ccn(C2CCCC2)n1. The summed E-state index contributed by atoms with van der Waals surface area (Å²) >= 11 is 0. The molecule has 102 valence electrons. The summed E-state index contributed by atoms with van der Waals surface area (Å²) in [5, 5.41) is 8.17. The van der Waals surface area contributed by atoms with Crippen molar-refractivity contribution in [1.29, 1.82) is 0 Å². The van der Waals surface area contributed by atoms with E-state index in [-0.39, 0.29) is 0 Å². The van der Waals surface area contributed by atoms with E-state index in [0.29, 0.717) is 6.04 Å². The monoisotopic (exact) mass is 249 g/mol. The van der Waals surface area contributed by atoms with Crippen molar-refractivity contribution in [1.82, 2.24) is 15.1 Å². The standard InChI is InChI=1S/C15H27N3/c1-2-3-4-7-11-16-13-14-10-12-18(17-14)15-8-5-6-9-15/h10,12,15-16H,2-9,11,13H2,1H3. The predicted molar refractivity (Wildman–Crippen MR) is 75.6 cm³/mol. The van der Waals surface area contributed by atoms with Crippen molar-refractivity contribution in [3.8, 4) is 0 Å². The van der Waals surface area contributed by atoms with Crippen LogP contribution in [0.2, 0.25) is 0 Å². The zero-order valence-corrected chi connectivity index (χ0v) is 11.7. The number of unbranched alkanes of at least 4 members (excludes halogenated alkanes) is 3. The van der Waals surface area contributed by atoms with Gasteiger partial charge in [0.25, 0.3) is 0 Å².